The lowest BCUT2D eigenvalue weighted by atomic mass is 9.93. The van der Waals surface area contributed by atoms with E-state index in [0.717, 1.165) is 22.5 Å². The molecule has 2 heterocycles. The van der Waals surface area contributed by atoms with Gasteiger partial charge >= 0.3 is 0 Å². The third-order valence-corrected chi connectivity index (χ3v) is 7.72. The summed E-state index contributed by atoms with van der Waals surface area (Å²) in [6, 6.07) is 17.0. The first-order valence-electron chi connectivity index (χ1n) is 9.75. The molecule has 0 radical (unpaired) electrons. The molecule has 0 saturated carbocycles. The van der Waals surface area contributed by atoms with E-state index >= 15 is 0 Å². The third kappa shape index (κ3) is 3.04. The predicted octanol–water partition coefficient (Wildman–Crippen LogP) is 3.82. The second-order valence-electron chi connectivity index (χ2n) is 7.43. The van der Waals surface area contributed by atoms with Gasteiger partial charge in [-0.3, -0.25) is 4.79 Å². The van der Waals surface area contributed by atoms with Gasteiger partial charge in [0.15, 0.2) is 0 Å². The van der Waals surface area contributed by atoms with Crippen LogP contribution in [-0.4, -0.2) is 22.8 Å². The maximum Gasteiger partial charge on any atom is 0.269 e. The molecule has 0 aliphatic heterocycles. The van der Waals surface area contributed by atoms with Crippen molar-refractivity contribution in [3.8, 4) is 16.9 Å². The van der Waals surface area contributed by atoms with Crippen LogP contribution in [0.4, 0.5) is 0 Å². The number of fused-ring (bicyclic) bond motifs is 3. The van der Waals surface area contributed by atoms with Gasteiger partial charge in [0, 0.05) is 12.6 Å². The Morgan fingerprint density at radius 1 is 1.00 bits per heavy atom. The number of benzene rings is 2. The molecule has 1 aliphatic carbocycles. The normalized spacial score (nSPS) is 13.0. The molecular formula is C23H18ClN3O3S. The highest BCUT2D eigenvalue weighted by Crippen LogP contribution is 2.35. The lowest BCUT2D eigenvalue weighted by Gasteiger charge is -2.22. The van der Waals surface area contributed by atoms with E-state index in [1.807, 2.05) is 18.2 Å². The summed E-state index contributed by atoms with van der Waals surface area (Å²) in [6.45, 7) is 0. The van der Waals surface area contributed by atoms with E-state index in [9.17, 15) is 13.2 Å². The minimum Gasteiger partial charge on any atom is -0.310 e. The lowest BCUT2D eigenvalue weighted by molar-refractivity contribution is 0.592. The van der Waals surface area contributed by atoms with Crippen LogP contribution >= 0.6 is 11.6 Å². The number of sulfone groups is 1. The summed E-state index contributed by atoms with van der Waals surface area (Å²) < 4.78 is 29.5. The van der Waals surface area contributed by atoms with Crippen molar-refractivity contribution in [2.75, 3.05) is 0 Å². The highest BCUT2D eigenvalue weighted by molar-refractivity contribution is 7.91. The van der Waals surface area contributed by atoms with Crippen molar-refractivity contribution >= 4 is 21.4 Å². The quantitative estimate of drug-likeness (QED) is 0.474. The summed E-state index contributed by atoms with van der Waals surface area (Å²) in [5.41, 5.74) is 3.46. The fraction of sp³-hybridized carbons (Fsp3) is 0.130. The molecule has 0 amide bonds. The number of aryl methyl sites for hydroxylation is 1. The highest BCUT2D eigenvalue weighted by atomic mass is 35.5. The topological polar surface area (TPSA) is 74.0 Å². The SMILES string of the molecule is Cn1c2c(cc(S(=O)(=O)c3ccccc3)c1=O)CCc1c-2cnn1-c1ccccc1Cl. The summed E-state index contributed by atoms with van der Waals surface area (Å²) >= 11 is 6.36. The van der Waals surface area contributed by atoms with Gasteiger partial charge in [0.2, 0.25) is 9.84 Å². The molecule has 0 bridgehead atoms. The van der Waals surface area contributed by atoms with E-state index in [1.54, 1.807) is 42.2 Å². The van der Waals surface area contributed by atoms with Crippen molar-refractivity contribution in [3.63, 3.8) is 0 Å². The van der Waals surface area contributed by atoms with Gasteiger partial charge in [-0.1, -0.05) is 41.9 Å². The van der Waals surface area contributed by atoms with Gasteiger partial charge < -0.3 is 4.57 Å². The van der Waals surface area contributed by atoms with Gasteiger partial charge in [-0.25, -0.2) is 13.1 Å². The number of aromatic nitrogens is 3. The summed E-state index contributed by atoms with van der Waals surface area (Å²) in [7, 11) is -2.31. The van der Waals surface area contributed by atoms with Crippen molar-refractivity contribution < 1.29 is 8.42 Å². The molecule has 156 valence electrons. The molecule has 31 heavy (non-hydrogen) atoms. The summed E-state index contributed by atoms with van der Waals surface area (Å²) in [6.07, 6.45) is 2.95. The molecule has 2 aromatic heterocycles. The molecular weight excluding hydrogens is 434 g/mol. The molecule has 1 aliphatic rings. The molecule has 0 saturated heterocycles. The van der Waals surface area contributed by atoms with Crippen LogP contribution in [0.5, 0.6) is 0 Å². The number of hydrogen-bond donors (Lipinski definition) is 0. The van der Waals surface area contributed by atoms with Gasteiger partial charge in [0.1, 0.15) is 4.90 Å². The summed E-state index contributed by atoms with van der Waals surface area (Å²) in [4.78, 5) is 13.0. The number of halogens is 1. The number of rotatable bonds is 3. The summed E-state index contributed by atoms with van der Waals surface area (Å²) in [5, 5.41) is 5.10. The van der Waals surface area contributed by atoms with Crippen molar-refractivity contribution in [2.24, 2.45) is 7.05 Å². The zero-order valence-corrected chi connectivity index (χ0v) is 18.2. The van der Waals surface area contributed by atoms with Crippen LogP contribution in [0, 0.1) is 0 Å². The minimum atomic E-state index is -3.92. The number of nitrogens with zero attached hydrogens (tertiary/aromatic N) is 3. The van der Waals surface area contributed by atoms with Crippen molar-refractivity contribution in [1.29, 1.82) is 0 Å². The molecule has 4 aromatic rings. The van der Waals surface area contributed by atoms with Crippen LogP contribution in [0.25, 0.3) is 16.9 Å². The average Bonchev–Trinajstić information content (AvgIpc) is 3.20. The minimum absolute atomic E-state index is 0.107. The van der Waals surface area contributed by atoms with Crippen LogP contribution in [0.15, 0.2) is 81.4 Å². The molecule has 0 fully saturated rings. The first-order chi connectivity index (χ1) is 14.9. The molecule has 0 N–H and O–H groups in total. The second kappa shape index (κ2) is 7.21. The number of para-hydroxylation sites is 1. The standard InChI is InChI=1S/C23H18ClN3O3S/c1-26-22-15(13-21(23(26)28)31(29,30)16-7-3-2-4-8-16)11-12-19-17(22)14-25-27(19)20-10-6-5-9-18(20)24/h2-10,13-14H,11-12H2,1H3. The molecule has 0 unspecified atom stereocenters. The maximum atomic E-state index is 13.1. The van der Waals surface area contributed by atoms with Gasteiger partial charge in [0.25, 0.3) is 5.56 Å². The van der Waals surface area contributed by atoms with Crippen molar-refractivity contribution in [2.45, 2.75) is 22.6 Å². The Kier molecular flexibility index (Phi) is 4.60. The van der Waals surface area contributed by atoms with E-state index < -0.39 is 15.4 Å². The van der Waals surface area contributed by atoms with Crippen molar-refractivity contribution in [1.82, 2.24) is 14.3 Å². The van der Waals surface area contributed by atoms with E-state index in [4.69, 9.17) is 11.6 Å². The smallest absolute Gasteiger partial charge is 0.269 e. The molecule has 0 spiro atoms. The second-order valence-corrected chi connectivity index (χ2v) is 9.76. The Balaban J connectivity index is 1.69. The first kappa shape index (κ1) is 19.8. The van der Waals surface area contributed by atoms with E-state index in [0.29, 0.717) is 23.6 Å². The highest BCUT2D eigenvalue weighted by Gasteiger charge is 2.29. The fourth-order valence-electron chi connectivity index (χ4n) is 4.13. The van der Waals surface area contributed by atoms with Gasteiger partial charge in [-0.15, -0.1) is 0 Å². The van der Waals surface area contributed by atoms with Crippen LogP contribution in [0.2, 0.25) is 5.02 Å². The zero-order valence-electron chi connectivity index (χ0n) is 16.6. The van der Waals surface area contributed by atoms with Gasteiger partial charge in [0.05, 0.1) is 33.2 Å². The van der Waals surface area contributed by atoms with Crippen LogP contribution in [0.3, 0.4) is 0 Å². The van der Waals surface area contributed by atoms with Crippen LogP contribution in [0.1, 0.15) is 11.3 Å². The molecule has 8 heteroatoms. The third-order valence-electron chi connectivity index (χ3n) is 5.64. The Labute approximate surface area is 184 Å². The Morgan fingerprint density at radius 2 is 1.71 bits per heavy atom. The Hall–Kier alpha value is -3.16. The first-order valence-corrected chi connectivity index (χ1v) is 11.6. The molecule has 2 aromatic carbocycles. The van der Waals surface area contributed by atoms with E-state index in [-0.39, 0.29) is 9.79 Å². The zero-order chi connectivity index (χ0) is 21.8. The largest absolute Gasteiger partial charge is 0.310 e. The van der Waals surface area contributed by atoms with Gasteiger partial charge in [-0.05, 0) is 48.7 Å². The molecule has 5 rings (SSSR count). The Bertz CT molecular complexity index is 1490. The predicted molar refractivity (Wildman–Crippen MR) is 119 cm³/mol. The molecule has 0 atom stereocenters. The lowest BCUT2D eigenvalue weighted by Crippen LogP contribution is -2.28. The van der Waals surface area contributed by atoms with E-state index in [2.05, 4.69) is 5.10 Å². The van der Waals surface area contributed by atoms with Crippen molar-refractivity contribution in [3.05, 3.63) is 93.5 Å². The monoisotopic (exact) mass is 451 g/mol. The van der Waals surface area contributed by atoms with Crippen LogP contribution in [-0.2, 0) is 29.7 Å². The summed E-state index contributed by atoms with van der Waals surface area (Å²) in [5.74, 6) is 0. The fourth-order valence-corrected chi connectivity index (χ4v) is 5.78. The molecule has 6 nitrogen and oxygen atoms in total. The average molecular weight is 452 g/mol. The Morgan fingerprint density at radius 3 is 2.45 bits per heavy atom. The number of pyridine rings is 1. The number of hydrogen-bond acceptors (Lipinski definition) is 4. The van der Waals surface area contributed by atoms with Gasteiger partial charge in [-0.2, -0.15) is 5.10 Å². The maximum absolute atomic E-state index is 13.1. The van der Waals surface area contributed by atoms with Crippen LogP contribution < -0.4 is 5.56 Å². The van der Waals surface area contributed by atoms with E-state index in [1.165, 1.54) is 22.8 Å².